The topological polar surface area (TPSA) is 75.0 Å². The number of carbonyl (C=O) groups is 1. The Labute approximate surface area is 170 Å². The number of esters is 1. The number of hydrogen-bond donors (Lipinski definition) is 0. The normalized spacial score (nSPS) is 11.5. The molecule has 0 N–H and O–H groups in total. The van der Waals surface area contributed by atoms with Crippen molar-refractivity contribution in [3.8, 4) is 22.8 Å². The first-order valence-electron chi connectivity index (χ1n) is 9.15. The van der Waals surface area contributed by atoms with E-state index in [-0.39, 0.29) is 23.5 Å². The number of hydrogen-bond acceptors (Lipinski definition) is 6. The first-order chi connectivity index (χ1) is 14.3. The van der Waals surface area contributed by atoms with Gasteiger partial charge < -0.3 is 14.2 Å². The highest BCUT2D eigenvalue weighted by molar-refractivity contribution is 5.96. The number of halogens is 3. The van der Waals surface area contributed by atoms with Gasteiger partial charge in [-0.3, -0.25) is 0 Å². The fourth-order valence-corrected chi connectivity index (χ4v) is 2.84. The molecule has 0 bridgehead atoms. The number of methoxy groups -OCH3 is 2. The summed E-state index contributed by atoms with van der Waals surface area (Å²) in [5, 5.41) is 3.72. The number of unbranched alkanes of at least 4 members (excludes halogenated alkanes) is 1. The van der Waals surface area contributed by atoms with Gasteiger partial charge >= 0.3 is 12.1 Å². The van der Waals surface area contributed by atoms with E-state index in [0.717, 1.165) is 18.7 Å². The van der Waals surface area contributed by atoms with Crippen molar-refractivity contribution < 1.29 is 32.2 Å². The van der Waals surface area contributed by atoms with Crippen molar-refractivity contribution in [2.45, 2.75) is 25.9 Å². The van der Waals surface area contributed by atoms with Crippen LogP contribution in [0.4, 0.5) is 13.2 Å². The van der Waals surface area contributed by atoms with Crippen molar-refractivity contribution in [2.75, 3.05) is 20.8 Å². The van der Waals surface area contributed by atoms with E-state index >= 15 is 0 Å². The average Bonchev–Trinajstić information content (AvgIpc) is 3.15. The third-order valence-corrected chi connectivity index (χ3v) is 4.39. The number of aromatic nitrogens is 3. The van der Waals surface area contributed by atoms with Crippen molar-refractivity contribution in [3.63, 3.8) is 0 Å². The van der Waals surface area contributed by atoms with Crippen molar-refractivity contribution in [3.05, 3.63) is 41.7 Å². The lowest BCUT2D eigenvalue weighted by Crippen LogP contribution is -2.14. The minimum atomic E-state index is -4.72. The van der Waals surface area contributed by atoms with Gasteiger partial charge in [0.1, 0.15) is 5.56 Å². The predicted octanol–water partition coefficient (Wildman–Crippen LogP) is 4.39. The summed E-state index contributed by atoms with van der Waals surface area (Å²) in [6, 6.07) is 5.49. The summed E-state index contributed by atoms with van der Waals surface area (Å²) in [4.78, 5) is 16.6. The van der Waals surface area contributed by atoms with Crippen LogP contribution in [0.15, 0.2) is 30.5 Å². The minimum Gasteiger partial charge on any atom is -0.493 e. The molecule has 0 aliphatic rings. The van der Waals surface area contributed by atoms with Gasteiger partial charge in [0.05, 0.1) is 32.7 Å². The van der Waals surface area contributed by atoms with Crippen LogP contribution < -0.4 is 9.47 Å². The van der Waals surface area contributed by atoms with E-state index in [1.807, 2.05) is 6.92 Å². The summed E-state index contributed by atoms with van der Waals surface area (Å²) in [5.74, 6) is -0.0237. The van der Waals surface area contributed by atoms with Gasteiger partial charge in [0.25, 0.3) is 0 Å². The largest absolute Gasteiger partial charge is 0.493 e. The Balaban J connectivity index is 2.16. The molecule has 30 heavy (non-hydrogen) atoms. The van der Waals surface area contributed by atoms with E-state index in [1.165, 1.54) is 20.3 Å². The summed E-state index contributed by atoms with van der Waals surface area (Å²) >= 11 is 0. The second-order valence-corrected chi connectivity index (χ2v) is 6.38. The first-order valence-corrected chi connectivity index (χ1v) is 9.15. The SMILES string of the molecule is CCCCOC(=O)c1cnn2c(C(F)(F)F)cc(-c3ccc(OC)c(OC)c3)nc12. The second-order valence-electron chi connectivity index (χ2n) is 6.38. The summed E-state index contributed by atoms with van der Waals surface area (Å²) < 4.78 is 57.2. The van der Waals surface area contributed by atoms with Crippen molar-refractivity contribution in [1.82, 2.24) is 14.6 Å². The first kappa shape index (κ1) is 21.4. The van der Waals surface area contributed by atoms with Gasteiger partial charge in [0.2, 0.25) is 0 Å². The van der Waals surface area contributed by atoms with Crippen molar-refractivity contribution in [2.24, 2.45) is 0 Å². The van der Waals surface area contributed by atoms with Gasteiger partial charge in [-0.2, -0.15) is 18.3 Å². The summed E-state index contributed by atoms with van der Waals surface area (Å²) in [6.45, 7) is 2.09. The van der Waals surface area contributed by atoms with Crippen LogP contribution >= 0.6 is 0 Å². The molecule has 1 aromatic carbocycles. The van der Waals surface area contributed by atoms with Crippen LogP contribution in [-0.2, 0) is 10.9 Å². The summed E-state index contributed by atoms with van der Waals surface area (Å²) in [5.41, 5.74) is -1.09. The van der Waals surface area contributed by atoms with E-state index in [2.05, 4.69) is 10.1 Å². The van der Waals surface area contributed by atoms with E-state index < -0.39 is 17.8 Å². The lowest BCUT2D eigenvalue weighted by molar-refractivity contribution is -0.142. The van der Waals surface area contributed by atoms with Gasteiger partial charge in [0.15, 0.2) is 22.8 Å². The monoisotopic (exact) mass is 423 g/mol. The maximum absolute atomic E-state index is 13.7. The van der Waals surface area contributed by atoms with Gasteiger partial charge in [-0.05, 0) is 30.7 Å². The zero-order valence-electron chi connectivity index (χ0n) is 16.6. The molecule has 2 aromatic heterocycles. The Morgan fingerprint density at radius 1 is 1.13 bits per heavy atom. The molecule has 0 saturated heterocycles. The van der Waals surface area contributed by atoms with Crippen molar-refractivity contribution >= 4 is 11.6 Å². The van der Waals surface area contributed by atoms with E-state index in [0.29, 0.717) is 28.0 Å². The smallest absolute Gasteiger partial charge is 0.433 e. The molecular weight excluding hydrogens is 403 g/mol. The molecule has 0 unspecified atom stereocenters. The maximum Gasteiger partial charge on any atom is 0.433 e. The fraction of sp³-hybridized carbons (Fsp3) is 0.350. The van der Waals surface area contributed by atoms with Crippen LogP contribution in [0.3, 0.4) is 0 Å². The molecule has 3 aromatic rings. The molecule has 0 aliphatic carbocycles. The molecule has 160 valence electrons. The minimum absolute atomic E-state index is 0.00103. The van der Waals surface area contributed by atoms with Gasteiger partial charge in [-0.25, -0.2) is 14.3 Å². The van der Waals surface area contributed by atoms with Crippen LogP contribution in [0.5, 0.6) is 11.5 Å². The third kappa shape index (κ3) is 4.17. The Hall–Kier alpha value is -3.30. The van der Waals surface area contributed by atoms with Crippen LogP contribution in [-0.4, -0.2) is 41.4 Å². The molecule has 0 spiro atoms. The molecule has 0 amide bonds. The Kier molecular flexibility index (Phi) is 6.14. The van der Waals surface area contributed by atoms with E-state index in [4.69, 9.17) is 14.2 Å². The summed E-state index contributed by atoms with van der Waals surface area (Å²) in [7, 11) is 2.87. The molecule has 10 heteroatoms. The standard InChI is InChI=1S/C20H20F3N3O4/c1-4-5-8-30-19(27)13-11-24-26-17(20(21,22)23)10-14(25-18(13)26)12-6-7-15(28-2)16(9-12)29-3/h6-7,9-11H,4-5,8H2,1-3H3. The van der Waals surface area contributed by atoms with E-state index in [1.54, 1.807) is 12.1 Å². The Morgan fingerprint density at radius 3 is 2.50 bits per heavy atom. The quantitative estimate of drug-likeness (QED) is 0.415. The number of rotatable bonds is 7. The number of nitrogens with zero attached hydrogens (tertiary/aromatic N) is 3. The summed E-state index contributed by atoms with van der Waals surface area (Å²) in [6.07, 6.45) is -2.24. The zero-order chi connectivity index (χ0) is 21.9. The third-order valence-electron chi connectivity index (χ3n) is 4.39. The van der Waals surface area contributed by atoms with Crippen molar-refractivity contribution in [1.29, 1.82) is 0 Å². The van der Waals surface area contributed by atoms with Crippen LogP contribution in [0.25, 0.3) is 16.9 Å². The Bertz CT molecular complexity index is 1060. The molecule has 3 rings (SSSR count). The molecule has 7 nitrogen and oxygen atoms in total. The van der Waals surface area contributed by atoms with Gasteiger partial charge in [0, 0.05) is 5.56 Å². The van der Waals surface area contributed by atoms with Crippen LogP contribution in [0.2, 0.25) is 0 Å². The molecule has 2 heterocycles. The van der Waals surface area contributed by atoms with E-state index in [9.17, 15) is 18.0 Å². The van der Waals surface area contributed by atoms with Crippen LogP contribution in [0, 0.1) is 0 Å². The number of fused-ring (bicyclic) bond motifs is 1. The zero-order valence-corrected chi connectivity index (χ0v) is 16.6. The fourth-order valence-electron chi connectivity index (χ4n) is 2.84. The molecule has 0 saturated carbocycles. The highest BCUT2D eigenvalue weighted by atomic mass is 19.4. The lowest BCUT2D eigenvalue weighted by Gasteiger charge is -2.13. The Morgan fingerprint density at radius 2 is 1.87 bits per heavy atom. The van der Waals surface area contributed by atoms with Crippen LogP contribution in [0.1, 0.15) is 35.8 Å². The van der Waals surface area contributed by atoms with Gasteiger partial charge in [-0.15, -0.1) is 0 Å². The van der Waals surface area contributed by atoms with Gasteiger partial charge in [-0.1, -0.05) is 13.3 Å². The lowest BCUT2D eigenvalue weighted by atomic mass is 10.1. The molecule has 0 radical (unpaired) electrons. The molecule has 0 aliphatic heterocycles. The predicted molar refractivity (Wildman–Crippen MR) is 102 cm³/mol. The molecule has 0 fully saturated rings. The highest BCUT2D eigenvalue weighted by Crippen LogP contribution is 2.35. The average molecular weight is 423 g/mol. The number of alkyl halides is 3. The highest BCUT2D eigenvalue weighted by Gasteiger charge is 2.36. The maximum atomic E-state index is 13.7. The molecular formula is C20H20F3N3O4. The number of carbonyl (C=O) groups excluding carboxylic acids is 1. The second kappa shape index (κ2) is 8.60. The number of ether oxygens (including phenoxy) is 3. The molecule has 0 atom stereocenters. The number of benzene rings is 1.